The van der Waals surface area contributed by atoms with E-state index in [0.717, 1.165) is 29.1 Å². The molecule has 0 aliphatic carbocycles. The standard InChI is InChI=1S/C21H24N4O2S2/c1-3-27-20(26)17-14-18(16-8-5-4-6-9-16)29-19(17)23-21(28)22-11-7-12-25-13-10-15(2)24-25/h4-6,8-10,13-14H,3,7,11-12H2,1-2H3,(H2,22,23,28). The zero-order chi connectivity index (χ0) is 20.6. The Balaban J connectivity index is 1.62. The molecule has 1 aromatic carbocycles. The van der Waals surface area contributed by atoms with Crippen LogP contribution in [0.3, 0.4) is 0 Å². The van der Waals surface area contributed by atoms with Crippen LogP contribution < -0.4 is 10.6 Å². The first kappa shape index (κ1) is 21.0. The number of nitrogens with one attached hydrogen (secondary N) is 2. The van der Waals surface area contributed by atoms with Crippen LogP contribution in [0.25, 0.3) is 10.4 Å². The lowest BCUT2D eigenvalue weighted by Gasteiger charge is -2.10. The predicted molar refractivity (Wildman–Crippen MR) is 122 cm³/mol. The first-order chi connectivity index (χ1) is 14.1. The van der Waals surface area contributed by atoms with Crippen molar-refractivity contribution < 1.29 is 9.53 Å². The summed E-state index contributed by atoms with van der Waals surface area (Å²) in [5, 5.41) is 11.9. The normalized spacial score (nSPS) is 10.6. The summed E-state index contributed by atoms with van der Waals surface area (Å²) in [4.78, 5) is 13.4. The van der Waals surface area contributed by atoms with Crippen LogP contribution in [-0.2, 0) is 11.3 Å². The van der Waals surface area contributed by atoms with Crippen LogP contribution in [0.15, 0.2) is 48.7 Å². The smallest absolute Gasteiger partial charge is 0.341 e. The lowest BCUT2D eigenvalue weighted by atomic mass is 10.1. The van der Waals surface area contributed by atoms with Crippen molar-refractivity contribution in [2.75, 3.05) is 18.5 Å². The molecule has 0 amide bonds. The van der Waals surface area contributed by atoms with Crippen molar-refractivity contribution in [3.63, 3.8) is 0 Å². The molecular weight excluding hydrogens is 404 g/mol. The average molecular weight is 429 g/mol. The average Bonchev–Trinajstić information content (AvgIpc) is 3.32. The van der Waals surface area contributed by atoms with Crippen LogP contribution in [0.4, 0.5) is 5.00 Å². The van der Waals surface area contributed by atoms with Crippen molar-refractivity contribution >= 4 is 39.6 Å². The van der Waals surface area contributed by atoms with Crippen molar-refractivity contribution in [1.29, 1.82) is 0 Å². The second kappa shape index (κ2) is 10.2. The van der Waals surface area contributed by atoms with E-state index in [2.05, 4.69) is 15.7 Å². The van der Waals surface area contributed by atoms with E-state index in [-0.39, 0.29) is 5.97 Å². The summed E-state index contributed by atoms with van der Waals surface area (Å²) in [6.45, 7) is 5.61. The van der Waals surface area contributed by atoms with E-state index in [1.54, 1.807) is 6.92 Å². The largest absolute Gasteiger partial charge is 0.462 e. The molecule has 29 heavy (non-hydrogen) atoms. The van der Waals surface area contributed by atoms with Crippen LogP contribution in [-0.4, -0.2) is 34.0 Å². The molecule has 2 heterocycles. The van der Waals surface area contributed by atoms with E-state index in [1.165, 1.54) is 11.3 Å². The minimum absolute atomic E-state index is 0.324. The molecular formula is C21H24N4O2S2. The number of thiocarbonyl (C=S) groups is 1. The number of carbonyl (C=O) groups is 1. The zero-order valence-electron chi connectivity index (χ0n) is 16.5. The molecule has 0 saturated heterocycles. The molecule has 0 bridgehead atoms. The summed E-state index contributed by atoms with van der Waals surface area (Å²) in [6, 6.07) is 13.8. The summed E-state index contributed by atoms with van der Waals surface area (Å²) in [6.07, 6.45) is 2.85. The number of rotatable bonds is 8. The predicted octanol–water partition coefficient (Wildman–Crippen LogP) is 4.47. The number of anilines is 1. The highest BCUT2D eigenvalue weighted by Gasteiger charge is 2.19. The van der Waals surface area contributed by atoms with Gasteiger partial charge in [-0.25, -0.2) is 4.79 Å². The molecule has 2 aromatic heterocycles. The lowest BCUT2D eigenvalue weighted by Crippen LogP contribution is -2.30. The molecule has 0 radical (unpaired) electrons. The van der Waals surface area contributed by atoms with E-state index < -0.39 is 0 Å². The fourth-order valence-corrected chi connectivity index (χ4v) is 4.09. The molecule has 3 aromatic rings. The van der Waals surface area contributed by atoms with E-state index in [9.17, 15) is 4.79 Å². The maximum Gasteiger partial charge on any atom is 0.341 e. The first-order valence-electron chi connectivity index (χ1n) is 9.48. The number of thiophene rings is 1. The van der Waals surface area contributed by atoms with Crippen LogP contribution in [0, 0.1) is 6.92 Å². The third-order valence-corrected chi connectivity index (χ3v) is 5.48. The lowest BCUT2D eigenvalue weighted by molar-refractivity contribution is 0.0528. The molecule has 0 unspecified atom stereocenters. The fourth-order valence-electron chi connectivity index (χ4n) is 2.77. The molecule has 8 heteroatoms. The molecule has 0 saturated carbocycles. The summed E-state index contributed by atoms with van der Waals surface area (Å²) in [5.41, 5.74) is 2.55. The summed E-state index contributed by atoms with van der Waals surface area (Å²) >= 11 is 6.90. The topological polar surface area (TPSA) is 68.2 Å². The quantitative estimate of drug-likeness (QED) is 0.313. The maximum atomic E-state index is 12.4. The third kappa shape index (κ3) is 5.88. The SMILES string of the molecule is CCOC(=O)c1cc(-c2ccccc2)sc1NC(=S)NCCCn1ccc(C)n1. The second-order valence-electron chi connectivity index (χ2n) is 6.39. The summed E-state index contributed by atoms with van der Waals surface area (Å²) in [5.74, 6) is -0.356. The summed E-state index contributed by atoms with van der Waals surface area (Å²) in [7, 11) is 0. The van der Waals surface area contributed by atoms with Gasteiger partial charge in [0.15, 0.2) is 5.11 Å². The van der Waals surface area contributed by atoms with Gasteiger partial charge in [-0.3, -0.25) is 4.68 Å². The number of carbonyl (C=O) groups excluding carboxylic acids is 1. The van der Waals surface area contributed by atoms with Gasteiger partial charge in [-0.15, -0.1) is 11.3 Å². The van der Waals surface area contributed by atoms with Crippen LogP contribution >= 0.6 is 23.6 Å². The van der Waals surface area contributed by atoms with Gasteiger partial charge in [-0.2, -0.15) is 5.10 Å². The second-order valence-corrected chi connectivity index (χ2v) is 7.86. The number of aryl methyl sites for hydroxylation is 2. The molecule has 0 fully saturated rings. The number of hydrogen-bond donors (Lipinski definition) is 2. The van der Waals surface area contributed by atoms with Crippen molar-refractivity contribution in [1.82, 2.24) is 15.1 Å². The molecule has 6 nitrogen and oxygen atoms in total. The highest BCUT2D eigenvalue weighted by Crippen LogP contribution is 2.35. The summed E-state index contributed by atoms with van der Waals surface area (Å²) < 4.78 is 7.12. The number of esters is 1. The van der Waals surface area contributed by atoms with E-state index in [4.69, 9.17) is 17.0 Å². The number of benzene rings is 1. The highest BCUT2D eigenvalue weighted by atomic mass is 32.1. The van der Waals surface area contributed by atoms with E-state index >= 15 is 0 Å². The Hall–Kier alpha value is -2.71. The molecule has 3 rings (SSSR count). The van der Waals surface area contributed by atoms with Gasteiger partial charge in [0.1, 0.15) is 5.00 Å². The van der Waals surface area contributed by atoms with Gasteiger partial charge < -0.3 is 15.4 Å². The van der Waals surface area contributed by atoms with Crippen molar-refractivity contribution in [2.45, 2.75) is 26.8 Å². The Morgan fingerprint density at radius 2 is 2.07 bits per heavy atom. The molecule has 0 atom stereocenters. The molecule has 0 aliphatic rings. The molecule has 0 aliphatic heterocycles. The van der Waals surface area contributed by atoms with Gasteiger partial charge in [0.05, 0.1) is 17.9 Å². The van der Waals surface area contributed by atoms with E-state index in [1.807, 2.05) is 60.3 Å². The van der Waals surface area contributed by atoms with Crippen LogP contribution in [0.2, 0.25) is 0 Å². The third-order valence-electron chi connectivity index (χ3n) is 4.14. The first-order valence-corrected chi connectivity index (χ1v) is 10.7. The molecule has 152 valence electrons. The number of hydrogen-bond acceptors (Lipinski definition) is 5. The van der Waals surface area contributed by atoms with Crippen LogP contribution in [0.1, 0.15) is 29.4 Å². The van der Waals surface area contributed by atoms with E-state index in [0.29, 0.717) is 28.8 Å². The van der Waals surface area contributed by atoms with Crippen molar-refractivity contribution in [2.24, 2.45) is 0 Å². The van der Waals surface area contributed by atoms with Gasteiger partial charge in [0, 0.05) is 24.2 Å². The number of aromatic nitrogens is 2. The Labute approximate surface area is 179 Å². The van der Waals surface area contributed by atoms with Crippen LogP contribution in [0.5, 0.6) is 0 Å². The van der Waals surface area contributed by atoms with Crippen molar-refractivity contribution in [3.05, 3.63) is 59.9 Å². The highest BCUT2D eigenvalue weighted by molar-refractivity contribution is 7.80. The Morgan fingerprint density at radius 1 is 1.28 bits per heavy atom. The zero-order valence-corrected chi connectivity index (χ0v) is 18.1. The monoisotopic (exact) mass is 428 g/mol. The van der Waals surface area contributed by atoms with Gasteiger partial charge in [0.25, 0.3) is 0 Å². The minimum atomic E-state index is -0.356. The maximum absolute atomic E-state index is 12.4. The van der Waals surface area contributed by atoms with Gasteiger partial charge in [0.2, 0.25) is 0 Å². The van der Waals surface area contributed by atoms with Gasteiger partial charge in [-0.05, 0) is 50.2 Å². The molecule has 0 spiro atoms. The fraction of sp³-hybridized carbons (Fsp3) is 0.286. The van der Waals surface area contributed by atoms with Gasteiger partial charge >= 0.3 is 5.97 Å². The Morgan fingerprint density at radius 3 is 2.76 bits per heavy atom. The number of ether oxygens (including phenoxy) is 1. The van der Waals surface area contributed by atoms with Gasteiger partial charge in [-0.1, -0.05) is 30.3 Å². The van der Waals surface area contributed by atoms with Crippen molar-refractivity contribution in [3.8, 4) is 10.4 Å². The Kier molecular flexibility index (Phi) is 7.37. The minimum Gasteiger partial charge on any atom is -0.462 e. The Bertz CT molecular complexity index is 966. The molecule has 2 N–H and O–H groups in total. The number of nitrogens with zero attached hydrogens (tertiary/aromatic N) is 2.